The van der Waals surface area contributed by atoms with Crippen LogP contribution in [0.25, 0.3) is 0 Å². The van der Waals surface area contributed by atoms with Gasteiger partial charge in [0.25, 0.3) is 5.69 Å². The molecule has 0 unspecified atom stereocenters. The Bertz CT molecular complexity index is 878. The number of benzene rings is 2. The molecule has 0 heterocycles. The van der Waals surface area contributed by atoms with Gasteiger partial charge in [0.1, 0.15) is 24.7 Å². The van der Waals surface area contributed by atoms with E-state index in [2.05, 4.69) is 15.8 Å². The minimum Gasteiger partial charge on any atom is -0.490 e. The van der Waals surface area contributed by atoms with Crippen molar-refractivity contribution < 1.29 is 19.2 Å². The molecule has 0 radical (unpaired) electrons. The maximum Gasteiger partial charge on any atom is 0.335 e. The van der Waals surface area contributed by atoms with Gasteiger partial charge in [-0.1, -0.05) is 19.3 Å². The van der Waals surface area contributed by atoms with E-state index in [-0.39, 0.29) is 17.8 Å². The van der Waals surface area contributed by atoms with E-state index in [1.165, 1.54) is 18.6 Å². The molecule has 2 aromatic rings. The summed E-state index contributed by atoms with van der Waals surface area (Å²) in [7, 11) is 0. The summed E-state index contributed by atoms with van der Waals surface area (Å²) in [5.74, 6) is 1.22. The molecular weight excluding hydrogens is 400 g/mol. The van der Waals surface area contributed by atoms with Gasteiger partial charge in [-0.3, -0.25) is 10.1 Å². The van der Waals surface area contributed by atoms with Crippen molar-refractivity contribution in [3.63, 3.8) is 0 Å². The van der Waals surface area contributed by atoms with Gasteiger partial charge in [0, 0.05) is 18.2 Å². The van der Waals surface area contributed by atoms with Crippen molar-refractivity contribution in [3.05, 3.63) is 64.2 Å². The maximum atomic E-state index is 11.9. The number of nitro benzene ring substituents is 1. The van der Waals surface area contributed by atoms with Crippen molar-refractivity contribution in [2.75, 3.05) is 13.2 Å². The first kappa shape index (κ1) is 22.1. The highest BCUT2D eigenvalue weighted by Crippen LogP contribution is 2.18. The summed E-state index contributed by atoms with van der Waals surface area (Å²) in [5, 5.41) is 17.5. The number of rotatable bonds is 9. The van der Waals surface area contributed by atoms with E-state index < -0.39 is 4.92 Å². The number of amides is 2. The molecule has 2 amide bonds. The van der Waals surface area contributed by atoms with E-state index >= 15 is 0 Å². The lowest BCUT2D eigenvalue weighted by Gasteiger charge is -2.22. The van der Waals surface area contributed by atoms with Crippen LogP contribution in [0.2, 0.25) is 0 Å². The summed E-state index contributed by atoms with van der Waals surface area (Å²) < 4.78 is 11.1. The molecule has 1 saturated carbocycles. The monoisotopic (exact) mass is 426 g/mol. The lowest BCUT2D eigenvalue weighted by molar-refractivity contribution is -0.384. The number of urea groups is 1. The fourth-order valence-electron chi connectivity index (χ4n) is 3.26. The van der Waals surface area contributed by atoms with Crippen LogP contribution < -0.4 is 20.2 Å². The summed E-state index contributed by atoms with van der Waals surface area (Å²) in [4.78, 5) is 22.0. The Hall–Kier alpha value is -3.62. The van der Waals surface area contributed by atoms with Gasteiger partial charge in [0.15, 0.2) is 0 Å². The zero-order valence-corrected chi connectivity index (χ0v) is 17.2. The van der Waals surface area contributed by atoms with E-state index in [4.69, 9.17) is 9.47 Å². The number of carbonyl (C=O) groups is 1. The van der Waals surface area contributed by atoms with Gasteiger partial charge < -0.3 is 14.8 Å². The molecule has 0 aromatic heterocycles. The highest BCUT2D eigenvalue weighted by molar-refractivity contribution is 5.82. The number of hydrogen-bond donors (Lipinski definition) is 2. The maximum absolute atomic E-state index is 11.9. The average Bonchev–Trinajstić information content (AvgIpc) is 2.79. The first-order valence-electron chi connectivity index (χ1n) is 10.3. The van der Waals surface area contributed by atoms with E-state index in [1.54, 1.807) is 30.5 Å². The lowest BCUT2D eigenvalue weighted by atomic mass is 9.96. The van der Waals surface area contributed by atoms with Gasteiger partial charge >= 0.3 is 6.03 Å². The molecule has 1 aliphatic rings. The van der Waals surface area contributed by atoms with Crippen LogP contribution in [0.4, 0.5) is 10.5 Å². The smallest absolute Gasteiger partial charge is 0.335 e. The molecule has 9 heteroatoms. The highest BCUT2D eigenvalue weighted by atomic mass is 16.6. The number of nitrogens with one attached hydrogen (secondary N) is 2. The summed E-state index contributed by atoms with van der Waals surface area (Å²) in [6, 6.07) is 13.1. The van der Waals surface area contributed by atoms with Crippen LogP contribution in [0.1, 0.15) is 37.7 Å². The quantitative estimate of drug-likeness (QED) is 0.272. The highest BCUT2D eigenvalue weighted by Gasteiger charge is 2.14. The number of hydrazone groups is 1. The Morgan fingerprint density at radius 3 is 2.16 bits per heavy atom. The Morgan fingerprint density at radius 2 is 1.58 bits per heavy atom. The van der Waals surface area contributed by atoms with Gasteiger partial charge in [-0.2, -0.15) is 5.10 Å². The second-order valence-electron chi connectivity index (χ2n) is 7.20. The summed E-state index contributed by atoms with van der Waals surface area (Å²) in [6.07, 6.45) is 7.18. The van der Waals surface area contributed by atoms with E-state index in [1.807, 2.05) is 12.1 Å². The predicted molar refractivity (Wildman–Crippen MR) is 117 cm³/mol. The largest absolute Gasteiger partial charge is 0.490 e. The van der Waals surface area contributed by atoms with Gasteiger partial charge in [0.2, 0.25) is 0 Å². The third-order valence-corrected chi connectivity index (χ3v) is 4.87. The molecule has 0 aliphatic heterocycles. The summed E-state index contributed by atoms with van der Waals surface area (Å²) >= 11 is 0. The second kappa shape index (κ2) is 11.5. The van der Waals surface area contributed by atoms with Crippen LogP contribution >= 0.6 is 0 Å². The molecule has 2 N–H and O–H groups in total. The van der Waals surface area contributed by atoms with Crippen molar-refractivity contribution in [1.29, 1.82) is 0 Å². The van der Waals surface area contributed by atoms with Crippen molar-refractivity contribution in [2.24, 2.45) is 5.10 Å². The van der Waals surface area contributed by atoms with Gasteiger partial charge in [0.05, 0.1) is 11.1 Å². The third-order valence-electron chi connectivity index (χ3n) is 4.87. The minimum absolute atomic E-state index is 0.0206. The number of carbonyl (C=O) groups excluding carboxylic acids is 1. The molecule has 0 atom stereocenters. The van der Waals surface area contributed by atoms with Crippen LogP contribution in [-0.4, -0.2) is 36.4 Å². The Balaban J connectivity index is 1.34. The molecule has 164 valence electrons. The minimum atomic E-state index is -0.455. The molecule has 3 rings (SSSR count). The van der Waals surface area contributed by atoms with Gasteiger partial charge in [-0.05, 0) is 54.8 Å². The Labute approximate surface area is 180 Å². The SMILES string of the molecule is O=C(N/N=C/c1ccc(OCCOc2ccc([N+](=O)[O-])cc2)cc1)NC1CCCCC1. The Kier molecular flexibility index (Phi) is 8.21. The van der Waals surface area contributed by atoms with Gasteiger partial charge in [-0.15, -0.1) is 0 Å². The lowest BCUT2D eigenvalue weighted by Crippen LogP contribution is -2.41. The van der Waals surface area contributed by atoms with Crippen LogP contribution in [0.15, 0.2) is 53.6 Å². The number of ether oxygens (including phenoxy) is 2. The average molecular weight is 426 g/mol. The van der Waals surface area contributed by atoms with Crippen molar-refractivity contribution >= 4 is 17.9 Å². The van der Waals surface area contributed by atoms with Crippen LogP contribution in [0.3, 0.4) is 0 Å². The zero-order valence-electron chi connectivity index (χ0n) is 17.2. The first-order chi connectivity index (χ1) is 15.1. The first-order valence-corrected chi connectivity index (χ1v) is 10.3. The normalized spacial score (nSPS) is 14.2. The van der Waals surface area contributed by atoms with Crippen LogP contribution in [-0.2, 0) is 0 Å². The molecule has 1 fully saturated rings. The topological polar surface area (TPSA) is 115 Å². The van der Waals surface area contributed by atoms with Crippen molar-refractivity contribution in [3.8, 4) is 11.5 Å². The van der Waals surface area contributed by atoms with Crippen molar-refractivity contribution in [2.45, 2.75) is 38.1 Å². The van der Waals surface area contributed by atoms with E-state index in [0.717, 1.165) is 31.2 Å². The molecular formula is C22H26N4O5. The summed E-state index contributed by atoms with van der Waals surface area (Å²) in [6.45, 7) is 0.633. The number of nitrogens with zero attached hydrogens (tertiary/aromatic N) is 2. The van der Waals surface area contributed by atoms with E-state index in [0.29, 0.717) is 24.7 Å². The molecule has 1 aliphatic carbocycles. The fraction of sp³-hybridized carbons (Fsp3) is 0.364. The second-order valence-corrected chi connectivity index (χ2v) is 7.20. The number of non-ortho nitro benzene ring substituents is 1. The number of hydrogen-bond acceptors (Lipinski definition) is 6. The molecule has 9 nitrogen and oxygen atoms in total. The van der Waals surface area contributed by atoms with Crippen molar-refractivity contribution in [1.82, 2.24) is 10.7 Å². The zero-order chi connectivity index (χ0) is 21.9. The Morgan fingerprint density at radius 1 is 1.00 bits per heavy atom. The van der Waals surface area contributed by atoms with Crippen LogP contribution in [0, 0.1) is 10.1 Å². The standard InChI is InChI=1S/C22H26N4O5/c27-22(24-18-4-2-1-3-5-18)25-23-16-17-6-10-20(11-7-17)30-14-15-31-21-12-8-19(9-13-21)26(28)29/h6-13,16,18H,1-5,14-15H2,(H2,24,25,27)/b23-16+. The molecule has 0 bridgehead atoms. The summed E-state index contributed by atoms with van der Waals surface area (Å²) in [5.41, 5.74) is 3.34. The molecule has 31 heavy (non-hydrogen) atoms. The molecule has 0 spiro atoms. The third kappa shape index (κ3) is 7.61. The van der Waals surface area contributed by atoms with E-state index in [9.17, 15) is 14.9 Å². The fourth-order valence-corrected chi connectivity index (χ4v) is 3.26. The molecule has 0 saturated heterocycles. The predicted octanol–water partition coefficient (Wildman–Crippen LogP) is 4.02. The number of nitro groups is 1. The van der Waals surface area contributed by atoms with Crippen LogP contribution in [0.5, 0.6) is 11.5 Å². The van der Waals surface area contributed by atoms with Gasteiger partial charge in [-0.25, -0.2) is 10.2 Å². The molecule has 2 aromatic carbocycles.